The first-order valence-corrected chi connectivity index (χ1v) is 7.87. The standard InChI is InChI=1S/C15H22N4O3.ClH/c16-11-6-9-2-1-3-10(7-11)14(9)17-13(21)8-19-5-4-12(20)18-15(19)22;/h4-5,9-11,14H,1-3,6-8,16H2,(H,17,21)(H,18,20,22);1H. The van der Waals surface area contributed by atoms with E-state index in [1.165, 1.54) is 23.3 Å². The van der Waals surface area contributed by atoms with E-state index in [4.69, 9.17) is 5.73 Å². The van der Waals surface area contributed by atoms with Gasteiger partial charge in [-0.05, 0) is 37.5 Å². The van der Waals surface area contributed by atoms with E-state index in [0.717, 1.165) is 25.7 Å². The molecule has 2 aliphatic rings. The molecule has 2 fully saturated rings. The van der Waals surface area contributed by atoms with Crippen LogP contribution in [0.1, 0.15) is 32.1 Å². The molecule has 2 bridgehead atoms. The van der Waals surface area contributed by atoms with Gasteiger partial charge in [-0.1, -0.05) is 6.42 Å². The minimum atomic E-state index is -0.562. The molecule has 1 aromatic heterocycles. The number of nitrogens with one attached hydrogen (secondary N) is 2. The van der Waals surface area contributed by atoms with Gasteiger partial charge < -0.3 is 11.1 Å². The molecule has 23 heavy (non-hydrogen) atoms. The third-order valence-electron chi connectivity index (χ3n) is 4.92. The van der Waals surface area contributed by atoms with Crippen LogP contribution in [0.4, 0.5) is 0 Å². The number of carbonyl (C=O) groups excluding carboxylic acids is 1. The molecule has 0 aromatic carbocycles. The Labute approximate surface area is 140 Å². The van der Waals surface area contributed by atoms with E-state index in [-0.39, 0.29) is 36.9 Å². The Morgan fingerprint density at radius 1 is 1.30 bits per heavy atom. The number of aromatic nitrogens is 2. The van der Waals surface area contributed by atoms with E-state index in [1.54, 1.807) is 0 Å². The fourth-order valence-corrected chi connectivity index (χ4v) is 3.98. The highest BCUT2D eigenvalue weighted by Crippen LogP contribution is 2.39. The van der Waals surface area contributed by atoms with Crippen LogP contribution in [0.25, 0.3) is 0 Å². The summed E-state index contributed by atoms with van der Waals surface area (Å²) < 4.78 is 1.21. The topological polar surface area (TPSA) is 110 Å². The SMILES string of the molecule is Cl.NC1CC2CCCC(C1)C2NC(=O)Cn1ccc(=O)[nH]c1=O. The number of fused-ring (bicyclic) bond motifs is 2. The summed E-state index contributed by atoms with van der Waals surface area (Å²) >= 11 is 0. The van der Waals surface area contributed by atoms with Crippen LogP contribution in [-0.2, 0) is 11.3 Å². The molecule has 8 heteroatoms. The maximum Gasteiger partial charge on any atom is 0.328 e. The van der Waals surface area contributed by atoms with E-state index in [9.17, 15) is 14.4 Å². The maximum atomic E-state index is 12.2. The molecule has 2 aliphatic carbocycles. The van der Waals surface area contributed by atoms with Crippen molar-refractivity contribution in [2.24, 2.45) is 17.6 Å². The number of nitrogens with zero attached hydrogens (tertiary/aromatic N) is 1. The van der Waals surface area contributed by atoms with Gasteiger partial charge in [0.1, 0.15) is 6.54 Å². The van der Waals surface area contributed by atoms with Crippen LogP contribution in [0.2, 0.25) is 0 Å². The quantitative estimate of drug-likeness (QED) is 0.717. The molecule has 4 N–H and O–H groups in total. The van der Waals surface area contributed by atoms with Gasteiger partial charge in [-0.25, -0.2) is 4.79 Å². The lowest BCUT2D eigenvalue weighted by Gasteiger charge is -2.45. The molecule has 1 amide bonds. The summed E-state index contributed by atoms with van der Waals surface area (Å²) in [7, 11) is 0. The highest BCUT2D eigenvalue weighted by molar-refractivity contribution is 5.85. The van der Waals surface area contributed by atoms with Crippen molar-refractivity contribution < 1.29 is 4.79 Å². The van der Waals surface area contributed by atoms with E-state index < -0.39 is 11.2 Å². The van der Waals surface area contributed by atoms with Gasteiger partial charge >= 0.3 is 5.69 Å². The number of aromatic amines is 1. The lowest BCUT2D eigenvalue weighted by Crippen LogP contribution is -2.54. The van der Waals surface area contributed by atoms with Crippen molar-refractivity contribution >= 4 is 18.3 Å². The van der Waals surface area contributed by atoms with Gasteiger partial charge in [0, 0.05) is 24.3 Å². The van der Waals surface area contributed by atoms with Crippen molar-refractivity contribution in [1.82, 2.24) is 14.9 Å². The normalized spacial score (nSPS) is 29.4. The number of hydrogen-bond donors (Lipinski definition) is 3. The number of hydrogen-bond acceptors (Lipinski definition) is 4. The molecular formula is C15H23ClN4O3. The predicted octanol–water partition coefficient (Wildman–Crippen LogP) is -0.0194. The molecule has 1 heterocycles. The maximum absolute atomic E-state index is 12.2. The summed E-state index contributed by atoms with van der Waals surface area (Å²) in [5, 5.41) is 3.09. The van der Waals surface area contributed by atoms with E-state index in [0.29, 0.717) is 11.8 Å². The van der Waals surface area contributed by atoms with Crippen molar-refractivity contribution in [3.8, 4) is 0 Å². The summed E-state index contributed by atoms with van der Waals surface area (Å²) in [6.45, 7) is -0.0718. The third-order valence-corrected chi connectivity index (χ3v) is 4.92. The number of nitrogens with two attached hydrogens (primary N) is 1. The molecule has 2 unspecified atom stereocenters. The molecule has 128 valence electrons. The first-order chi connectivity index (χ1) is 10.5. The average molecular weight is 343 g/mol. The van der Waals surface area contributed by atoms with Crippen LogP contribution in [0.15, 0.2) is 21.9 Å². The highest BCUT2D eigenvalue weighted by atomic mass is 35.5. The van der Waals surface area contributed by atoms with Gasteiger partial charge in [0.05, 0.1) is 0 Å². The first kappa shape index (κ1) is 17.7. The Kier molecular flexibility index (Phi) is 5.64. The van der Waals surface area contributed by atoms with Gasteiger partial charge in [0.15, 0.2) is 0 Å². The van der Waals surface area contributed by atoms with Crippen LogP contribution in [0, 0.1) is 11.8 Å². The van der Waals surface area contributed by atoms with Crippen molar-refractivity contribution in [2.75, 3.05) is 0 Å². The molecule has 0 saturated heterocycles. The number of halogens is 1. The Hall–Kier alpha value is -1.60. The summed E-state index contributed by atoms with van der Waals surface area (Å²) in [6, 6.07) is 1.65. The van der Waals surface area contributed by atoms with Crippen molar-refractivity contribution in [3.63, 3.8) is 0 Å². The minimum Gasteiger partial charge on any atom is -0.351 e. The molecule has 2 saturated carbocycles. The van der Waals surface area contributed by atoms with E-state index >= 15 is 0 Å². The van der Waals surface area contributed by atoms with E-state index in [1.807, 2.05) is 0 Å². The van der Waals surface area contributed by atoms with Crippen LogP contribution in [-0.4, -0.2) is 27.5 Å². The fourth-order valence-electron chi connectivity index (χ4n) is 3.98. The van der Waals surface area contributed by atoms with Gasteiger partial charge in [0.25, 0.3) is 5.56 Å². The van der Waals surface area contributed by atoms with Crippen LogP contribution < -0.4 is 22.3 Å². The minimum absolute atomic E-state index is 0. The molecule has 2 atom stereocenters. The Balaban J connectivity index is 0.00000192. The van der Waals surface area contributed by atoms with Gasteiger partial charge in [-0.3, -0.25) is 19.1 Å². The zero-order chi connectivity index (χ0) is 15.7. The van der Waals surface area contributed by atoms with Gasteiger partial charge in [-0.2, -0.15) is 0 Å². The lowest BCUT2D eigenvalue weighted by molar-refractivity contribution is -0.124. The van der Waals surface area contributed by atoms with E-state index in [2.05, 4.69) is 10.3 Å². The van der Waals surface area contributed by atoms with Crippen LogP contribution >= 0.6 is 12.4 Å². The Bertz CT molecular complexity index is 657. The largest absolute Gasteiger partial charge is 0.351 e. The van der Waals surface area contributed by atoms with Crippen molar-refractivity contribution in [1.29, 1.82) is 0 Å². The summed E-state index contributed by atoms with van der Waals surface area (Å²) in [4.78, 5) is 37.0. The van der Waals surface area contributed by atoms with Gasteiger partial charge in [0.2, 0.25) is 5.91 Å². The average Bonchev–Trinajstić information content (AvgIpc) is 2.43. The number of H-pyrrole nitrogens is 1. The second-order valence-corrected chi connectivity index (χ2v) is 6.51. The Morgan fingerprint density at radius 2 is 1.96 bits per heavy atom. The molecule has 0 spiro atoms. The number of rotatable bonds is 3. The molecule has 0 radical (unpaired) electrons. The smallest absolute Gasteiger partial charge is 0.328 e. The summed E-state index contributed by atoms with van der Waals surface area (Å²) in [6.07, 6.45) is 6.67. The molecule has 3 rings (SSSR count). The molecule has 0 aliphatic heterocycles. The van der Waals surface area contributed by atoms with Crippen LogP contribution in [0.5, 0.6) is 0 Å². The molecule has 7 nitrogen and oxygen atoms in total. The van der Waals surface area contributed by atoms with Crippen molar-refractivity contribution in [3.05, 3.63) is 33.1 Å². The Morgan fingerprint density at radius 3 is 2.57 bits per heavy atom. The zero-order valence-electron chi connectivity index (χ0n) is 12.9. The van der Waals surface area contributed by atoms with Gasteiger partial charge in [-0.15, -0.1) is 12.4 Å². The highest BCUT2D eigenvalue weighted by Gasteiger charge is 2.39. The summed E-state index contributed by atoms with van der Waals surface area (Å²) in [5.41, 5.74) is 5.06. The fraction of sp³-hybridized carbons (Fsp3) is 0.667. The third kappa shape index (κ3) is 4.03. The van der Waals surface area contributed by atoms with Crippen LogP contribution in [0.3, 0.4) is 0 Å². The number of amides is 1. The second-order valence-electron chi connectivity index (χ2n) is 6.51. The lowest BCUT2D eigenvalue weighted by atomic mass is 9.67. The zero-order valence-corrected chi connectivity index (χ0v) is 13.7. The summed E-state index contributed by atoms with van der Waals surface area (Å²) in [5.74, 6) is 0.698. The second kappa shape index (κ2) is 7.31. The first-order valence-electron chi connectivity index (χ1n) is 7.87. The number of carbonyl (C=O) groups is 1. The molecule has 1 aromatic rings. The molecular weight excluding hydrogens is 320 g/mol. The monoisotopic (exact) mass is 342 g/mol. The predicted molar refractivity (Wildman–Crippen MR) is 88.5 cm³/mol. The van der Waals surface area contributed by atoms with Crippen molar-refractivity contribution in [2.45, 2.75) is 50.7 Å².